The van der Waals surface area contributed by atoms with Gasteiger partial charge in [-0.2, -0.15) is 0 Å². The summed E-state index contributed by atoms with van der Waals surface area (Å²) in [6.45, 7) is 5.08. The summed E-state index contributed by atoms with van der Waals surface area (Å²) in [6, 6.07) is 6.14. The Balaban J connectivity index is 0.00000208. The molecule has 0 spiro atoms. The molecule has 1 aliphatic carbocycles. The van der Waals surface area contributed by atoms with E-state index in [9.17, 15) is 4.39 Å². The number of benzene rings is 1. The van der Waals surface area contributed by atoms with Gasteiger partial charge in [-0.15, -0.1) is 24.0 Å². The number of nitrogens with one attached hydrogen (secondary N) is 2. The van der Waals surface area contributed by atoms with Crippen LogP contribution in [0.1, 0.15) is 25.3 Å². The highest BCUT2D eigenvalue weighted by molar-refractivity contribution is 14.0. The summed E-state index contributed by atoms with van der Waals surface area (Å²) >= 11 is 3.32. The summed E-state index contributed by atoms with van der Waals surface area (Å²) in [5.74, 6) is 1.15. The lowest BCUT2D eigenvalue weighted by Crippen LogP contribution is -2.46. The van der Waals surface area contributed by atoms with Gasteiger partial charge in [0.25, 0.3) is 0 Å². The second kappa shape index (κ2) is 8.80. The smallest absolute Gasteiger partial charge is 0.191 e. The minimum absolute atomic E-state index is 0. The van der Waals surface area contributed by atoms with E-state index in [1.54, 1.807) is 7.05 Å². The Labute approximate surface area is 168 Å². The molecule has 1 saturated carbocycles. The second-order valence-corrected chi connectivity index (χ2v) is 7.53. The van der Waals surface area contributed by atoms with Crippen molar-refractivity contribution < 1.29 is 4.39 Å². The Bertz CT molecular complexity index is 574. The van der Waals surface area contributed by atoms with E-state index in [4.69, 9.17) is 0 Å². The zero-order chi connectivity index (χ0) is 16.4. The molecular formula is C17H25BrFIN4. The fourth-order valence-corrected chi connectivity index (χ4v) is 3.71. The summed E-state index contributed by atoms with van der Waals surface area (Å²) in [5, 5.41) is 6.80. The normalized spacial score (nSPS) is 24.6. The summed E-state index contributed by atoms with van der Waals surface area (Å²) in [5.41, 5.74) is 0.888. The third-order valence-corrected chi connectivity index (χ3v) is 5.09. The lowest BCUT2D eigenvalue weighted by molar-refractivity contribution is 0.315. The Morgan fingerprint density at radius 2 is 2.08 bits per heavy atom. The molecular weight excluding hydrogens is 486 g/mol. The highest BCUT2D eigenvalue weighted by atomic mass is 127. The van der Waals surface area contributed by atoms with E-state index < -0.39 is 0 Å². The highest BCUT2D eigenvalue weighted by Crippen LogP contribution is 2.31. The molecule has 1 saturated heterocycles. The van der Waals surface area contributed by atoms with Crippen molar-refractivity contribution in [3.05, 3.63) is 34.1 Å². The van der Waals surface area contributed by atoms with E-state index >= 15 is 0 Å². The van der Waals surface area contributed by atoms with Crippen molar-refractivity contribution in [2.24, 2.45) is 10.9 Å². The maximum absolute atomic E-state index is 13.4. The largest absolute Gasteiger partial charge is 0.352 e. The van der Waals surface area contributed by atoms with Gasteiger partial charge in [0.2, 0.25) is 0 Å². The molecule has 0 radical (unpaired) electrons. The van der Waals surface area contributed by atoms with Crippen LogP contribution in [0.4, 0.5) is 4.39 Å². The molecule has 24 heavy (non-hydrogen) atoms. The number of likely N-dealkylation sites (tertiary alicyclic amines) is 1. The molecule has 0 aromatic heterocycles. The molecule has 0 bridgehead atoms. The molecule has 2 unspecified atom stereocenters. The Morgan fingerprint density at radius 1 is 1.33 bits per heavy atom. The van der Waals surface area contributed by atoms with Gasteiger partial charge in [-0.3, -0.25) is 9.89 Å². The van der Waals surface area contributed by atoms with Crippen LogP contribution in [0.3, 0.4) is 0 Å². The molecule has 2 atom stereocenters. The molecule has 3 rings (SSSR count). The number of halogens is 3. The van der Waals surface area contributed by atoms with Gasteiger partial charge in [-0.1, -0.05) is 22.9 Å². The Hall–Kier alpha value is -0.410. The second-order valence-electron chi connectivity index (χ2n) is 6.62. The van der Waals surface area contributed by atoms with Gasteiger partial charge in [-0.25, -0.2) is 4.39 Å². The van der Waals surface area contributed by atoms with E-state index in [0.29, 0.717) is 18.5 Å². The van der Waals surface area contributed by atoms with Crippen molar-refractivity contribution in [2.75, 3.05) is 20.1 Å². The summed E-state index contributed by atoms with van der Waals surface area (Å²) in [4.78, 5) is 6.88. The first-order valence-electron chi connectivity index (χ1n) is 8.21. The monoisotopic (exact) mass is 510 g/mol. The SMILES string of the molecule is CN=C(NCc1cc(F)cc(Br)c1)NC1CN(C2CC2)CC1C.I. The van der Waals surface area contributed by atoms with Gasteiger partial charge in [-0.05, 0) is 42.5 Å². The first-order chi connectivity index (χ1) is 11.0. The quantitative estimate of drug-likeness (QED) is 0.370. The molecule has 2 aliphatic rings. The number of guanidine groups is 1. The summed E-state index contributed by atoms with van der Waals surface area (Å²) in [6.07, 6.45) is 2.70. The van der Waals surface area contributed by atoms with Crippen molar-refractivity contribution in [1.82, 2.24) is 15.5 Å². The van der Waals surface area contributed by atoms with Crippen LogP contribution in [0, 0.1) is 11.7 Å². The molecule has 134 valence electrons. The average Bonchev–Trinajstić information content (AvgIpc) is 3.27. The third kappa shape index (κ3) is 5.29. The third-order valence-electron chi connectivity index (χ3n) is 4.63. The minimum atomic E-state index is -0.233. The molecule has 7 heteroatoms. The zero-order valence-corrected chi connectivity index (χ0v) is 18.0. The predicted molar refractivity (Wildman–Crippen MR) is 110 cm³/mol. The first-order valence-corrected chi connectivity index (χ1v) is 9.00. The number of aliphatic imine (C=N–C) groups is 1. The molecule has 1 aromatic rings. The number of hydrogen-bond acceptors (Lipinski definition) is 2. The maximum Gasteiger partial charge on any atom is 0.191 e. The van der Waals surface area contributed by atoms with Crippen molar-refractivity contribution in [3.8, 4) is 0 Å². The minimum Gasteiger partial charge on any atom is -0.352 e. The average molecular weight is 511 g/mol. The van der Waals surface area contributed by atoms with Crippen molar-refractivity contribution >= 4 is 45.9 Å². The van der Waals surface area contributed by atoms with Crippen LogP contribution in [0.25, 0.3) is 0 Å². The number of hydrogen-bond donors (Lipinski definition) is 2. The molecule has 2 fully saturated rings. The fourth-order valence-electron chi connectivity index (χ4n) is 3.20. The molecule has 1 aromatic carbocycles. The lowest BCUT2D eigenvalue weighted by Gasteiger charge is -2.20. The number of rotatable bonds is 4. The first kappa shape index (κ1) is 19.9. The topological polar surface area (TPSA) is 39.7 Å². The lowest BCUT2D eigenvalue weighted by atomic mass is 10.1. The summed E-state index contributed by atoms with van der Waals surface area (Å²) in [7, 11) is 1.77. The van der Waals surface area contributed by atoms with E-state index in [2.05, 4.69) is 43.4 Å². The maximum atomic E-state index is 13.4. The molecule has 2 N–H and O–H groups in total. The van der Waals surface area contributed by atoms with E-state index in [-0.39, 0.29) is 29.8 Å². The van der Waals surface area contributed by atoms with Crippen LogP contribution in [-0.4, -0.2) is 43.1 Å². The van der Waals surface area contributed by atoms with Crippen LogP contribution in [0.2, 0.25) is 0 Å². The zero-order valence-electron chi connectivity index (χ0n) is 14.1. The predicted octanol–water partition coefficient (Wildman–Crippen LogP) is 3.35. The molecule has 4 nitrogen and oxygen atoms in total. The van der Waals surface area contributed by atoms with Crippen molar-refractivity contribution in [3.63, 3.8) is 0 Å². The van der Waals surface area contributed by atoms with Crippen LogP contribution in [-0.2, 0) is 6.54 Å². The molecule has 1 heterocycles. The van der Waals surface area contributed by atoms with Gasteiger partial charge in [0, 0.05) is 43.2 Å². The molecule has 1 aliphatic heterocycles. The van der Waals surface area contributed by atoms with Crippen LogP contribution < -0.4 is 10.6 Å². The van der Waals surface area contributed by atoms with Crippen LogP contribution in [0.5, 0.6) is 0 Å². The standard InChI is InChI=1S/C17H24BrFN4.HI/c1-11-9-23(15-3-4-15)10-16(11)22-17(20-2)21-8-12-5-13(18)7-14(19)6-12;/h5-7,11,15-16H,3-4,8-10H2,1-2H3,(H2,20,21,22);1H. The van der Waals surface area contributed by atoms with Crippen LogP contribution >= 0.6 is 39.9 Å². The van der Waals surface area contributed by atoms with E-state index in [1.807, 2.05) is 6.07 Å². The highest BCUT2D eigenvalue weighted by Gasteiger charge is 2.38. The van der Waals surface area contributed by atoms with E-state index in [1.165, 1.54) is 25.0 Å². The van der Waals surface area contributed by atoms with Crippen molar-refractivity contribution in [2.45, 2.75) is 38.4 Å². The van der Waals surface area contributed by atoms with Gasteiger partial charge in [0.15, 0.2) is 5.96 Å². The van der Waals surface area contributed by atoms with Crippen molar-refractivity contribution in [1.29, 1.82) is 0 Å². The Morgan fingerprint density at radius 3 is 2.71 bits per heavy atom. The fraction of sp³-hybridized carbons (Fsp3) is 0.588. The van der Waals surface area contributed by atoms with Gasteiger partial charge in [0.1, 0.15) is 5.82 Å². The summed E-state index contributed by atoms with van der Waals surface area (Å²) < 4.78 is 14.2. The van der Waals surface area contributed by atoms with Crippen LogP contribution in [0.15, 0.2) is 27.7 Å². The van der Waals surface area contributed by atoms with Gasteiger partial charge in [0.05, 0.1) is 0 Å². The molecule has 0 amide bonds. The van der Waals surface area contributed by atoms with Gasteiger partial charge >= 0.3 is 0 Å². The Kier molecular flexibility index (Phi) is 7.30. The van der Waals surface area contributed by atoms with E-state index in [0.717, 1.165) is 35.1 Å². The van der Waals surface area contributed by atoms with Gasteiger partial charge < -0.3 is 10.6 Å². The number of nitrogens with zero attached hydrogens (tertiary/aromatic N) is 2.